The van der Waals surface area contributed by atoms with Crippen molar-refractivity contribution in [1.82, 2.24) is 9.88 Å². The number of amides is 1. The highest BCUT2D eigenvalue weighted by atomic mass is 19.4. The highest BCUT2D eigenvalue weighted by Crippen LogP contribution is 2.40. The predicted octanol–water partition coefficient (Wildman–Crippen LogP) is 5.04. The fraction of sp³-hybridized carbons (Fsp3) is 0.433. The molecule has 0 bridgehead atoms. The maximum atomic E-state index is 15.7. The Kier molecular flexibility index (Phi) is 10.00. The van der Waals surface area contributed by atoms with Gasteiger partial charge in [-0.3, -0.25) is 14.4 Å². The minimum Gasteiger partial charge on any atom is -0.492 e. The van der Waals surface area contributed by atoms with E-state index in [1.165, 1.54) is 30.9 Å². The lowest BCUT2D eigenvalue weighted by molar-refractivity contribution is -0.274. The van der Waals surface area contributed by atoms with E-state index in [0.717, 1.165) is 18.2 Å². The monoisotopic (exact) mass is 625 g/mol. The topological polar surface area (TPSA) is 99.1 Å². The van der Waals surface area contributed by atoms with Crippen molar-refractivity contribution >= 4 is 28.5 Å². The van der Waals surface area contributed by atoms with Gasteiger partial charge in [-0.1, -0.05) is 6.07 Å². The number of piperidine rings is 1. The number of carbonyl (C=O) groups is 2. The first-order valence-corrected chi connectivity index (χ1v) is 13.9. The summed E-state index contributed by atoms with van der Waals surface area (Å²) in [6, 6.07) is 4.58. The third-order valence-electron chi connectivity index (χ3n) is 7.44. The zero-order valence-electron chi connectivity index (χ0n) is 24.4. The molecular weight excluding hydrogens is 593 g/mol. The Bertz CT molecular complexity index is 1600. The second-order valence-electron chi connectivity index (χ2n) is 10.2. The number of esters is 1. The number of nitrogens with one attached hydrogen (secondary N) is 1. The van der Waals surface area contributed by atoms with E-state index >= 15 is 4.39 Å². The first-order valence-electron chi connectivity index (χ1n) is 13.9. The van der Waals surface area contributed by atoms with Gasteiger partial charge in [-0.15, -0.1) is 13.2 Å². The molecule has 2 aromatic carbocycles. The molecular formula is C30H32F5N3O6. The Morgan fingerprint density at radius 3 is 2.43 bits per heavy atom. The number of halogens is 5. The molecule has 4 rings (SSSR count). The van der Waals surface area contributed by atoms with Crippen molar-refractivity contribution in [2.24, 2.45) is 5.92 Å². The number of pyridine rings is 1. The molecule has 1 aliphatic heterocycles. The summed E-state index contributed by atoms with van der Waals surface area (Å²) < 4.78 is 82.8. The molecule has 0 saturated carbocycles. The van der Waals surface area contributed by atoms with Gasteiger partial charge >= 0.3 is 12.3 Å². The fourth-order valence-electron chi connectivity index (χ4n) is 5.34. The van der Waals surface area contributed by atoms with Gasteiger partial charge in [0.2, 0.25) is 5.43 Å². The van der Waals surface area contributed by atoms with E-state index in [9.17, 15) is 31.9 Å². The second-order valence-corrected chi connectivity index (χ2v) is 10.2. The maximum Gasteiger partial charge on any atom is 0.573 e. The molecule has 0 atom stereocenters. The first kappa shape index (κ1) is 32.6. The summed E-state index contributed by atoms with van der Waals surface area (Å²) in [7, 11) is 1.29. The number of carbonyl (C=O) groups excluding carboxylic acids is 2. The highest BCUT2D eigenvalue weighted by molar-refractivity contribution is 5.99. The lowest BCUT2D eigenvalue weighted by Crippen LogP contribution is -2.37. The van der Waals surface area contributed by atoms with E-state index in [-0.39, 0.29) is 59.5 Å². The third-order valence-corrected chi connectivity index (χ3v) is 7.44. The number of fused-ring (bicyclic) bond motifs is 1. The minimum absolute atomic E-state index is 0.0103. The van der Waals surface area contributed by atoms with Gasteiger partial charge in [-0.25, -0.2) is 8.78 Å². The number of ether oxygens (including phenoxy) is 3. The van der Waals surface area contributed by atoms with Gasteiger partial charge in [0.1, 0.15) is 23.7 Å². The Hall–Kier alpha value is -4.36. The van der Waals surface area contributed by atoms with Crippen molar-refractivity contribution in [2.45, 2.75) is 46.1 Å². The van der Waals surface area contributed by atoms with Crippen molar-refractivity contribution in [1.29, 1.82) is 0 Å². The summed E-state index contributed by atoms with van der Waals surface area (Å²) in [6.07, 6.45) is -2.87. The van der Waals surface area contributed by atoms with E-state index in [0.29, 0.717) is 37.1 Å². The van der Waals surface area contributed by atoms with Crippen LogP contribution in [0.5, 0.6) is 11.5 Å². The van der Waals surface area contributed by atoms with Gasteiger partial charge in [-0.05, 0) is 56.0 Å². The summed E-state index contributed by atoms with van der Waals surface area (Å²) in [6.45, 7) is 2.82. The van der Waals surface area contributed by atoms with Crippen LogP contribution in [-0.2, 0) is 22.6 Å². The largest absolute Gasteiger partial charge is 0.573 e. The van der Waals surface area contributed by atoms with Gasteiger partial charge in [0.25, 0.3) is 5.91 Å². The fourth-order valence-corrected chi connectivity index (χ4v) is 5.34. The standard InChI is InChI=1S/C30H32F5N3O6/c1-4-43-29(41)18-7-10-37(11-8-18)25-23(32)14-21-24(27(25)42-3)38(12-9-31)16-22(26(21)39)28(40)36-15-19-5-6-20(13-17(19)2)44-30(33,34)35/h5-6,13-14,16,18H,4,7-12,15H2,1-3H3,(H,36,40). The summed E-state index contributed by atoms with van der Waals surface area (Å²) in [5, 5.41) is 2.35. The van der Waals surface area contributed by atoms with Crippen LogP contribution >= 0.6 is 0 Å². The number of nitrogens with zero attached hydrogens (tertiary/aromatic N) is 2. The SMILES string of the molecule is CCOC(=O)C1CCN(c2c(F)cc3c(=O)c(C(=O)NCc4ccc(OC(F)(F)F)cc4C)cn(CCF)c3c2OC)CC1. The van der Waals surface area contributed by atoms with E-state index in [2.05, 4.69) is 10.1 Å². The molecule has 44 heavy (non-hydrogen) atoms. The Morgan fingerprint density at radius 1 is 1.14 bits per heavy atom. The summed E-state index contributed by atoms with van der Waals surface area (Å²) >= 11 is 0. The Morgan fingerprint density at radius 2 is 1.84 bits per heavy atom. The molecule has 1 fully saturated rings. The maximum absolute atomic E-state index is 15.7. The number of aromatic nitrogens is 1. The number of anilines is 1. The zero-order chi connectivity index (χ0) is 32.2. The van der Waals surface area contributed by atoms with Crippen molar-refractivity contribution in [3.05, 3.63) is 63.2 Å². The number of methoxy groups -OCH3 is 1. The number of hydrogen-bond donors (Lipinski definition) is 1. The molecule has 0 spiro atoms. The minimum atomic E-state index is -4.86. The van der Waals surface area contributed by atoms with Crippen molar-refractivity contribution in [3.63, 3.8) is 0 Å². The van der Waals surface area contributed by atoms with Crippen LogP contribution in [0.1, 0.15) is 41.3 Å². The van der Waals surface area contributed by atoms with Crippen LogP contribution in [-0.4, -0.2) is 56.3 Å². The smallest absolute Gasteiger partial charge is 0.492 e. The molecule has 1 aromatic heterocycles. The number of aryl methyl sites for hydroxylation is 2. The number of benzene rings is 2. The molecule has 1 aliphatic rings. The zero-order valence-corrected chi connectivity index (χ0v) is 24.4. The molecule has 0 aliphatic carbocycles. The van der Waals surface area contributed by atoms with Crippen LogP contribution in [0.2, 0.25) is 0 Å². The van der Waals surface area contributed by atoms with Crippen LogP contribution in [0.15, 0.2) is 35.3 Å². The quantitative estimate of drug-likeness (QED) is 0.249. The number of rotatable bonds is 10. The highest BCUT2D eigenvalue weighted by Gasteiger charge is 2.32. The molecule has 9 nitrogen and oxygen atoms in total. The van der Waals surface area contributed by atoms with E-state index in [4.69, 9.17) is 9.47 Å². The lowest BCUT2D eigenvalue weighted by atomic mass is 9.96. The summed E-state index contributed by atoms with van der Waals surface area (Å²) in [5.74, 6) is -2.72. The van der Waals surface area contributed by atoms with E-state index < -0.39 is 35.9 Å². The van der Waals surface area contributed by atoms with Crippen LogP contribution in [0.25, 0.3) is 10.9 Å². The molecule has 14 heteroatoms. The average molecular weight is 626 g/mol. The molecule has 2 heterocycles. The molecule has 238 valence electrons. The van der Waals surface area contributed by atoms with Crippen LogP contribution < -0.4 is 25.1 Å². The average Bonchev–Trinajstić information content (AvgIpc) is 2.97. The molecule has 0 unspecified atom stereocenters. The van der Waals surface area contributed by atoms with Crippen molar-refractivity contribution in [2.75, 3.05) is 38.4 Å². The van der Waals surface area contributed by atoms with E-state index in [1.54, 1.807) is 11.8 Å². The number of hydrogen-bond acceptors (Lipinski definition) is 7. The van der Waals surface area contributed by atoms with Gasteiger partial charge < -0.3 is 29.0 Å². The molecule has 1 N–H and O–H groups in total. The number of alkyl halides is 4. The predicted molar refractivity (Wildman–Crippen MR) is 151 cm³/mol. The van der Waals surface area contributed by atoms with Crippen LogP contribution in [0.3, 0.4) is 0 Å². The van der Waals surface area contributed by atoms with Crippen molar-refractivity contribution < 1.29 is 45.8 Å². The van der Waals surface area contributed by atoms with Gasteiger partial charge in [0.05, 0.1) is 37.1 Å². The lowest BCUT2D eigenvalue weighted by Gasteiger charge is -2.34. The van der Waals surface area contributed by atoms with Crippen LogP contribution in [0.4, 0.5) is 27.6 Å². The molecule has 1 saturated heterocycles. The molecule has 3 aromatic rings. The third kappa shape index (κ3) is 7.05. The first-order chi connectivity index (χ1) is 20.9. The normalized spacial score (nSPS) is 14.0. The Balaban J connectivity index is 1.65. The van der Waals surface area contributed by atoms with Gasteiger partial charge in [0.15, 0.2) is 11.6 Å². The molecule has 1 amide bonds. The summed E-state index contributed by atoms with van der Waals surface area (Å²) in [5.41, 5.74) is -0.187. The second kappa shape index (κ2) is 13.5. The Labute approximate surface area is 249 Å². The summed E-state index contributed by atoms with van der Waals surface area (Å²) in [4.78, 5) is 40.5. The van der Waals surface area contributed by atoms with Gasteiger partial charge in [-0.2, -0.15) is 0 Å². The van der Waals surface area contributed by atoms with Gasteiger partial charge in [0, 0.05) is 25.8 Å². The van der Waals surface area contributed by atoms with E-state index in [1.807, 2.05) is 0 Å². The molecule has 0 radical (unpaired) electrons. The van der Waals surface area contributed by atoms with Crippen LogP contribution in [0, 0.1) is 18.7 Å². The van der Waals surface area contributed by atoms with Crippen molar-refractivity contribution in [3.8, 4) is 11.5 Å².